The molecular formula is C7H10N2O2. The van der Waals surface area contributed by atoms with E-state index in [1.165, 1.54) is 6.92 Å². The van der Waals surface area contributed by atoms with Gasteiger partial charge in [0.05, 0.1) is 6.61 Å². The molecule has 0 aromatic heterocycles. The van der Waals surface area contributed by atoms with Gasteiger partial charge in [0.2, 0.25) is 0 Å². The van der Waals surface area contributed by atoms with Crippen LogP contribution in [-0.4, -0.2) is 12.6 Å². The Morgan fingerprint density at radius 1 is 1.73 bits per heavy atom. The van der Waals surface area contributed by atoms with E-state index in [1.54, 1.807) is 13.0 Å². The molecule has 0 aromatic rings. The van der Waals surface area contributed by atoms with E-state index in [1.807, 2.05) is 0 Å². The molecule has 0 fully saturated rings. The van der Waals surface area contributed by atoms with E-state index in [9.17, 15) is 4.79 Å². The molecule has 4 nitrogen and oxygen atoms in total. The maximum atomic E-state index is 10.8. The quantitative estimate of drug-likeness (QED) is 0.352. The van der Waals surface area contributed by atoms with Gasteiger partial charge in [-0.3, -0.25) is 0 Å². The second-order valence-electron chi connectivity index (χ2n) is 1.89. The third-order valence-electron chi connectivity index (χ3n) is 0.986. The van der Waals surface area contributed by atoms with E-state index >= 15 is 0 Å². The molecule has 11 heavy (non-hydrogen) atoms. The summed E-state index contributed by atoms with van der Waals surface area (Å²) in [6.45, 7) is 3.39. The van der Waals surface area contributed by atoms with Gasteiger partial charge in [0.15, 0.2) is 5.57 Å². The number of allylic oxidation sites excluding steroid dienone is 1. The van der Waals surface area contributed by atoms with E-state index in [-0.39, 0.29) is 17.9 Å². The lowest BCUT2D eigenvalue weighted by Gasteiger charge is -1.99. The van der Waals surface area contributed by atoms with E-state index in [4.69, 9.17) is 11.0 Å². The Morgan fingerprint density at radius 2 is 2.27 bits per heavy atom. The maximum Gasteiger partial charge on any atom is 0.350 e. The lowest BCUT2D eigenvalue weighted by molar-refractivity contribution is -0.138. The van der Waals surface area contributed by atoms with Crippen molar-refractivity contribution in [2.75, 3.05) is 6.61 Å². The first-order valence-electron chi connectivity index (χ1n) is 3.17. The first kappa shape index (κ1) is 9.50. The predicted octanol–water partition coefficient (Wildman–Crippen LogP) is 0.306. The smallest absolute Gasteiger partial charge is 0.350 e. The summed E-state index contributed by atoms with van der Waals surface area (Å²) in [5.74, 6) is -0.657. The van der Waals surface area contributed by atoms with Gasteiger partial charge in [0.25, 0.3) is 0 Å². The van der Waals surface area contributed by atoms with Crippen LogP contribution in [0.4, 0.5) is 0 Å². The lowest BCUT2D eigenvalue weighted by atomic mass is 10.2. The van der Waals surface area contributed by atoms with Crippen molar-refractivity contribution >= 4 is 5.97 Å². The minimum atomic E-state index is -0.657. The number of hydrogen-bond acceptors (Lipinski definition) is 4. The van der Waals surface area contributed by atoms with Crippen molar-refractivity contribution in [3.05, 3.63) is 11.3 Å². The molecule has 0 unspecified atom stereocenters. The predicted molar refractivity (Wildman–Crippen MR) is 39.1 cm³/mol. The first-order valence-corrected chi connectivity index (χ1v) is 3.17. The molecule has 0 aliphatic carbocycles. The molecule has 0 aliphatic rings. The number of carbonyl (C=O) groups excluding carboxylic acids is 1. The average molecular weight is 154 g/mol. The monoisotopic (exact) mass is 154 g/mol. The number of nitrogens with zero attached hydrogens (tertiary/aromatic N) is 1. The van der Waals surface area contributed by atoms with Crippen LogP contribution < -0.4 is 5.73 Å². The molecule has 0 spiro atoms. The topological polar surface area (TPSA) is 76.1 Å². The molecule has 0 atom stereocenters. The fraction of sp³-hybridized carbons (Fsp3) is 0.429. The van der Waals surface area contributed by atoms with Crippen LogP contribution in [0, 0.1) is 11.3 Å². The van der Waals surface area contributed by atoms with Crippen molar-refractivity contribution in [1.29, 1.82) is 5.26 Å². The molecule has 0 aromatic carbocycles. The van der Waals surface area contributed by atoms with Crippen LogP contribution in [0.15, 0.2) is 11.3 Å². The molecule has 0 saturated carbocycles. The highest BCUT2D eigenvalue weighted by molar-refractivity contribution is 5.93. The van der Waals surface area contributed by atoms with Gasteiger partial charge < -0.3 is 10.5 Å². The summed E-state index contributed by atoms with van der Waals surface area (Å²) in [6, 6.07) is 1.67. The Hall–Kier alpha value is -1.50. The second-order valence-corrected chi connectivity index (χ2v) is 1.89. The highest BCUT2D eigenvalue weighted by atomic mass is 16.5. The van der Waals surface area contributed by atoms with Crippen molar-refractivity contribution in [3.63, 3.8) is 0 Å². The number of nitriles is 1. The number of rotatable bonds is 2. The standard InChI is InChI=1S/C7H10N2O2/c1-3-11-7(10)6(4-8)5(2)9/h3,9H2,1-2H3/b6-5+. The highest BCUT2D eigenvalue weighted by Crippen LogP contribution is 1.99. The summed E-state index contributed by atoms with van der Waals surface area (Å²) >= 11 is 0. The van der Waals surface area contributed by atoms with Gasteiger partial charge in [-0.25, -0.2) is 4.79 Å². The molecule has 60 valence electrons. The average Bonchev–Trinajstić information content (AvgIpc) is 1.88. The third-order valence-corrected chi connectivity index (χ3v) is 0.986. The van der Waals surface area contributed by atoms with Crippen molar-refractivity contribution in [2.24, 2.45) is 5.73 Å². The number of nitrogens with two attached hydrogens (primary N) is 1. The second kappa shape index (κ2) is 4.34. The van der Waals surface area contributed by atoms with Gasteiger partial charge in [-0.15, -0.1) is 0 Å². The van der Waals surface area contributed by atoms with E-state index in [0.29, 0.717) is 0 Å². The van der Waals surface area contributed by atoms with Crippen LogP contribution >= 0.6 is 0 Å². The van der Waals surface area contributed by atoms with Crippen LogP contribution in [-0.2, 0) is 9.53 Å². The number of hydrogen-bond donors (Lipinski definition) is 1. The van der Waals surface area contributed by atoms with E-state index in [2.05, 4.69) is 4.74 Å². The molecule has 0 bridgehead atoms. The Bertz CT molecular complexity index is 221. The van der Waals surface area contributed by atoms with Crippen LogP contribution in [0.1, 0.15) is 13.8 Å². The molecule has 0 rings (SSSR count). The van der Waals surface area contributed by atoms with Crippen molar-refractivity contribution in [2.45, 2.75) is 13.8 Å². The van der Waals surface area contributed by atoms with Crippen molar-refractivity contribution in [3.8, 4) is 6.07 Å². The number of ether oxygens (including phenoxy) is 1. The van der Waals surface area contributed by atoms with Gasteiger partial charge in [0.1, 0.15) is 6.07 Å². The molecule has 0 radical (unpaired) electrons. The Labute approximate surface area is 65.2 Å². The van der Waals surface area contributed by atoms with Crippen LogP contribution in [0.25, 0.3) is 0 Å². The molecular weight excluding hydrogens is 144 g/mol. The highest BCUT2D eigenvalue weighted by Gasteiger charge is 2.10. The molecule has 0 amide bonds. The molecule has 2 N–H and O–H groups in total. The SMILES string of the molecule is CCOC(=O)/C(C#N)=C(\C)N. The fourth-order valence-electron chi connectivity index (χ4n) is 0.498. The van der Waals surface area contributed by atoms with Crippen molar-refractivity contribution < 1.29 is 9.53 Å². The van der Waals surface area contributed by atoms with Gasteiger partial charge in [0, 0.05) is 5.70 Å². The van der Waals surface area contributed by atoms with Crippen molar-refractivity contribution in [1.82, 2.24) is 0 Å². The minimum Gasteiger partial charge on any atom is -0.462 e. The van der Waals surface area contributed by atoms with Gasteiger partial charge >= 0.3 is 5.97 Å². The maximum absolute atomic E-state index is 10.8. The normalized spacial score (nSPS) is 11.4. The van der Waals surface area contributed by atoms with Gasteiger partial charge in [-0.05, 0) is 13.8 Å². The summed E-state index contributed by atoms with van der Waals surface area (Å²) in [5.41, 5.74) is 5.30. The summed E-state index contributed by atoms with van der Waals surface area (Å²) in [5, 5.41) is 8.40. The Balaban J connectivity index is 4.45. The summed E-state index contributed by atoms with van der Waals surface area (Å²) < 4.78 is 4.56. The lowest BCUT2D eigenvalue weighted by Crippen LogP contribution is -2.11. The Kier molecular flexibility index (Phi) is 3.75. The largest absolute Gasteiger partial charge is 0.462 e. The number of carbonyl (C=O) groups is 1. The first-order chi connectivity index (χ1) is 5.13. The van der Waals surface area contributed by atoms with Crippen LogP contribution in [0.2, 0.25) is 0 Å². The molecule has 0 saturated heterocycles. The zero-order valence-corrected chi connectivity index (χ0v) is 6.55. The third kappa shape index (κ3) is 2.72. The minimum absolute atomic E-state index is 0.119. The van der Waals surface area contributed by atoms with E-state index in [0.717, 1.165) is 0 Å². The van der Waals surface area contributed by atoms with Gasteiger partial charge in [-0.2, -0.15) is 5.26 Å². The number of esters is 1. The Morgan fingerprint density at radius 3 is 2.55 bits per heavy atom. The fourth-order valence-corrected chi connectivity index (χ4v) is 0.498. The zero-order valence-electron chi connectivity index (χ0n) is 6.55. The van der Waals surface area contributed by atoms with E-state index < -0.39 is 5.97 Å². The molecule has 4 heteroatoms. The van der Waals surface area contributed by atoms with Gasteiger partial charge in [-0.1, -0.05) is 0 Å². The molecule has 0 aliphatic heterocycles. The summed E-state index contributed by atoms with van der Waals surface area (Å²) in [7, 11) is 0. The van der Waals surface area contributed by atoms with Crippen LogP contribution in [0.5, 0.6) is 0 Å². The van der Waals surface area contributed by atoms with Crippen LogP contribution in [0.3, 0.4) is 0 Å². The summed E-state index contributed by atoms with van der Waals surface area (Å²) in [6.07, 6.45) is 0. The summed E-state index contributed by atoms with van der Waals surface area (Å²) in [4.78, 5) is 10.8. The zero-order chi connectivity index (χ0) is 8.85. The molecule has 0 heterocycles.